The van der Waals surface area contributed by atoms with Crippen LogP contribution in [0.2, 0.25) is 39.3 Å². The zero-order chi connectivity index (χ0) is 18.7. The van der Waals surface area contributed by atoms with E-state index in [1.54, 1.807) is 7.11 Å². The van der Waals surface area contributed by atoms with E-state index in [0.717, 1.165) is 0 Å². The highest BCUT2D eigenvalue weighted by Crippen LogP contribution is 2.28. The van der Waals surface area contributed by atoms with E-state index in [1.807, 2.05) is 0 Å². The third-order valence-electron chi connectivity index (χ3n) is 3.48. The van der Waals surface area contributed by atoms with E-state index >= 15 is 0 Å². The lowest BCUT2D eigenvalue weighted by molar-refractivity contribution is -0.254. The van der Waals surface area contributed by atoms with Gasteiger partial charge in [-0.1, -0.05) is 0 Å². The molecule has 0 aromatic heterocycles. The number of aliphatic hydroxyl groups excluding tert-OH is 1. The summed E-state index contributed by atoms with van der Waals surface area (Å²) in [4.78, 5) is 11.5. The molecule has 0 aliphatic carbocycles. The normalized spacial score (nSPS) is 31.8. The first-order valence-corrected chi connectivity index (χ1v) is 15.1. The second-order valence-electron chi connectivity index (χ2n) is 8.11. The van der Waals surface area contributed by atoms with Crippen LogP contribution in [0.25, 0.3) is 0 Å². The van der Waals surface area contributed by atoms with Crippen LogP contribution >= 0.6 is 0 Å². The van der Waals surface area contributed by atoms with E-state index in [-0.39, 0.29) is 5.91 Å². The Bertz CT molecular complexity index is 423. The Labute approximate surface area is 147 Å². The molecule has 1 amide bonds. The zero-order valence-corrected chi connectivity index (χ0v) is 18.1. The van der Waals surface area contributed by atoms with Gasteiger partial charge in [0.05, 0.1) is 12.7 Å². The van der Waals surface area contributed by atoms with Crippen molar-refractivity contribution in [1.29, 1.82) is 0 Å². The Morgan fingerprint density at radius 3 is 2.12 bits per heavy atom. The lowest BCUT2D eigenvalue weighted by Gasteiger charge is -2.46. The molecule has 0 aromatic rings. The van der Waals surface area contributed by atoms with Crippen molar-refractivity contribution < 1.29 is 28.2 Å². The van der Waals surface area contributed by atoms with Gasteiger partial charge in [-0.3, -0.25) is 4.79 Å². The highest BCUT2D eigenvalue weighted by Gasteiger charge is 2.48. The number of aliphatic hydroxyl groups is 1. The van der Waals surface area contributed by atoms with Crippen LogP contribution in [0.4, 0.5) is 0 Å². The van der Waals surface area contributed by atoms with Crippen molar-refractivity contribution in [3.63, 3.8) is 0 Å². The number of methoxy groups -OCH3 is 1. The Morgan fingerprint density at radius 1 is 1.12 bits per heavy atom. The highest BCUT2D eigenvalue weighted by atomic mass is 28.4. The van der Waals surface area contributed by atoms with Gasteiger partial charge in [-0.25, -0.2) is 0 Å². The number of hydrogen-bond acceptors (Lipinski definition) is 6. The van der Waals surface area contributed by atoms with Gasteiger partial charge in [-0.15, -0.1) is 0 Å². The summed E-state index contributed by atoms with van der Waals surface area (Å²) in [5.41, 5.74) is 0. The largest absolute Gasteiger partial charge is 0.415 e. The van der Waals surface area contributed by atoms with E-state index in [4.69, 9.17) is 18.3 Å². The highest BCUT2D eigenvalue weighted by molar-refractivity contribution is 6.70. The minimum atomic E-state index is -1.94. The second kappa shape index (κ2) is 8.39. The first kappa shape index (κ1) is 21.7. The van der Waals surface area contributed by atoms with Crippen LogP contribution in [-0.4, -0.2) is 72.0 Å². The van der Waals surface area contributed by atoms with Gasteiger partial charge in [0.25, 0.3) is 0 Å². The van der Waals surface area contributed by atoms with Gasteiger partial charge in [0, 0.05) is 14.0 Å². The molecule has 1 aliphatic heterocycles. The number of hydrogen-bond donors (Lipinski definition) is 2. The molecule has 0 bridgehead atoms. The first-order valence-electron chi connectivity index (χ1n) is 8.29. The number of nitrogens with one attached hydrogen (secondary N) is 1. The van der Waals surface area contributed by atoms with Crippen molar-refractivity contribution in [2.45, 2.75) is 76.8 Å². The zero-order valence-electron chi connectivity index (χ0n) is 16.1. The first-order chi connectivity index (χ1) is 10.8. The summed E-state index contributed by atoms with van der Waals surface area (Å²) in [6.07, 6.45) is -2.56. The molecule has 9 heteroatoms. The topological polar surface area (TPSA) is 86.3 Å². The minimum Gasteiger partial charge on any atom is -0.415 e. The molecule has 0 radical (unpaired) electrons. The predicted molar refractivity (Wildman–Crippen MR) is 96.8 cm³/mol. The monoisotopic (exact) mass is 379 g/mol. The van der Waals surface area contributed by atoms with Crippen LogP contribution < -0.4 is 5.32 Å². The third kappa shape index (κ3) is 6.91. The fourth-order valence-electron chi connectivity index (χ4n) is 2.61. The molecule has 7 nitrogen and oxygen atoms in total. The molecule has 0 aromatic carbocycles. The molecule has 1 aliphatic rings. The van der Waals surface area contributed by atoms with Crippen molar-refractivity contribution in [3.8, 4) is 0 Å². The SMILES string of the molecule is CO[C@H]1[C@H](O[Si](C)(C)C)[C@@H](NC(C)=O)[C@@H](O)O[C@@H]1CO[Si](C)(C)C. The Kier molecular flexibility index (Phi) is 7.60. The van der Waals surface area contributed by atoms with E-state index < -0.39 is 47.3 Å². The smallest absolute Gasteiger partial charge is 0.217 e. The molecular weight excluding hydrogens is 346 g/mol. The van der Waals surface area contributed by atoms with Crippen LogP contribution in [0.3, 0.4) is 0 Å². The van der Waals surface area contributed by atoms with Gasteiger partial charge in [0.15, 0.2) is 22.9 Å². The van der Waals surface area contributed by atoms with Crippen LogP contribution in [0.15, 0.2) is 0 Å². The molecule has 1 heterocycles. The van der Waals surface area contributed by atoms with Crippen LogP contribution in [0, 0.1) is 0 Å². The van der Waals surface area contributed by atoms with E-state index in [1.165, 1.54) is 6.92 Å². The number of amides is 1. The average molecular weight is 380 g/mol. The summed E-state index contributed by atoms with van der Waals surface area (Å²) in [6, 6.07) is -0.678. The lowest BCUT2D eigenvalue weighted by atomic mass is 9.97. The number of rotatable bonds is 7. The van der Waals surface area contributed by atoms with Gasteiger partial charge >= 0.3 is 0 Å². The van der Waals surface area contributed by atoms with E-state index in [2.05, 4.69) is 44.6 Å². The maximum atomic E-state index is 11.5. The summed E-state index contributed by atoms with van der Waals surface area (Å²) in [6.45, 7) is 14.2. The average Bonchev–Trinajstić information content (AvgIpc) is 2.37. The molecule has 1 rings (SSSR count). The van der Waals surface area contributed by atoms with Crippen LogP contribution in [0.1, 0.15) is 6.92 Å². The minimum absolute atomic E-state index is 0.251. The van der Waals surface area contributed by atoms with E-state index in [9.17, 15) is 9.90 Å². The number of carbonyl (C=O) groups is 1. The van der Waals surface area contributed by atoms with Crippen LogP contribution in [-0.2, 0) is 23.1 Å². The van der Waals surface area contributed by atoms with Crippen molar-refractivity contribution in [1.82, 2.24) is 5.32 Å². The molecule has 0 saturated carbocycles. The predicted octanol–water partition coefficient (Wildman–Crippen LogP) is 1.29. The standard InChI is InChI=1S/C15H33NO6Si2/c1-10(17)16-12-14(22-24(6,7)8)13(19-2)11(21-15(12)18)9-20-23(3,4)5/h11-15,18H,9H2,1-8H3,(H,16,17)/t11-,12-,13-,14-,15+/m1/s1. The molecule has 0 unspecified atom stereocenters. The van der Waals surface area contributed by atoms with Gasteiger partial charge in [0.1, 0.15) is 18.2 Å². The van der Waals surface area contributed by atoms with Crippen LogP contribution in [0.5, 0.6) is 0 Å². The number of carbonyl (C=O) groups excluding carboxylic acids is 1. The van der Waals surface area contributed by atoms with Crippen molar-refractivity contribution in [2.24, 2.45) is 0 Å². The molecule has 2 N–H and O–H groups in total. The summed E-state index contributed by atoms with van der Waals surface area (Å²) < 4.78 is 23.5. The van der Waals surface area contributed by atoms with Crippen molar-refractivity contribution in [3.05, 3.63) is 0 Å². The maximum absolute atomic E-state index is 11.5. The maximum Gasteiger partial charge on any atom is 0.217 e. The molecule has 5 atom stereocenters. The van der Waals surface area contributed by atoms with Crippen molar-refractivity contribution >= 4 is 22.5 Å². The van der Waals surface area contributed by atoms with E-state index in [0.29, 0.717) is 6.61 Å². The Morgan fingerprint density at radius 2 is 1.71 bits per heavy atom. The fourth-order valence-corrected chi connectivity index (χ4v) is 4.37. The van der Waals surface area contributed by atoms with Gasteiger partial charge in [-0.2, -0.15) is 0 Å². The summed E-state index contributed by atoms with van der Waals surface area (Å²) in [5.74, 6) is -0.251. The molecule has 142 valence electrons. The second-order valence-corrected chi connectivity index (χ2v) is 17.1. The summed E-state index contributed by atoms with van der Waals surface area (Å²) in [5, 5.41) is 13.1. The summed E-state index contributed by atoms with van der Waals surface area (Å²) in [7, 11) is -2.10. The molecule has 1 saturated heterocycles. The number of ether oxygens (including phenoxy) is 2. The Balaban J connectivity index is 3.02. The van der Waals surface area contributed by atoms with Crippen molar-refractivity contribution in [2.75, 3.05) is 13.7 Å². The molecule has 24 heavy (non-hydrogen) atoms. The molecule has 0 spiro atoms. The van der Waals surface area contributed by atoms with Gasteiger partial charge < -0.3 is 28.7 Å². The summed E-state index contributed by atoms with van der Waals surface area (Å²) >= 11 is 0. The quantitative estimate of drug-likeness (QED) is 0.649. The van der Waals surface area contributed by atoms with Gasteiger partial charge in [-0.05, 0) is 39.3 Å². The molecule has 1 fully saturated rings. The lowest BCUT2D eigenvalue weighted by Crippen LogP contribution is -2.67. The fraction of sp³-hybridized carbons (Fsp3) is 0.933. The Hall–Kier alpha value is -0.296. The third-order valence-corrected chi connectivity index (χ3v) is 5.49. The van der Waals surface area contributed by atoms with Gasteiger partial charge in [0.2, 0.25) is 5.91 Å². The molecular formula is C15H33NO6Si2.